The summed E-state index contributed by atoms with van der Waals surface area (Å²) in [5, 5.41) is 0. The molecule has 0 aliphatic carbocycles. The Morgan fingerprint density at radius 2 is 1.50 bits per heavy atom. The third-order valence-electron chi connectivity index (χ3n) is 1.54. The molecule has 1 heterocycles. The van der Waals surface area contributed by atoms with Crippen molar-refractivity contribution in [2.24, 2.45) is 0 Å². The zero-order valence-corrected chi connectivity index (χ0v) is 6.85. The van der Waals surface area contributed by atoms with E-state index in [4.69, 9.17) is 0 Å². The van der Waals surface area contributed by atoms with E-state index in [0.29, 0.717) is 6.07 Å². The Hall–Kier alpha value is -1.14. The van der Waals surface area contributed by atoms with Crippen LogP contribution in [-0.2, 0) is 12.4 Å². The molecule has 14 heavy (non-hydrogen) atoms. The summed E-state index contributed by atoms with van der Waals surface area (Å²) in [6.45, 7) is 1.13. The number of aromatic nitrogens is 1. The largest absolute Gasteiger partial charge is 0.431 e. The molecule has 1 aromatic rings. The number of halogens is 6. The monoisotopic (exact) mass is 217 g/mol. The first-order valence-corrected chi connectivity index (χ1v) is 3.46. The van der Waals surface area contributed by atoms with Gasteiger partial charge < -0.3 is 4.98 Å². The highest BCUT2D eigenvalue weighted by molar-refractivity contribution is 5.30. The molecule has 1 rings (SSSR count). The van der Waals surface area contributed by atoms with Gasteiger partial charge in [0.1, 0.15) is 5.69 Å². The van der Waals surface area contributed by atoms with Crippen LogP contribution in [0, 0.1) is 6.92 Å². The molecule has 1 N–H and O–H groups in total. The molecule has 0 fully saturated rings. The first-order valence-electron chi connectivity index (χ1n) is 3.46. The molecular formula is C7H5F6N. The highest BCUT2D eigenvalue weighted by Crippen LogP contribution is 2.40. The maximum atomic E-state index is 12.1. The maximum Gasteiger partial charge on any atom is 0.431 e. The van der Waals surface area contributed by atoms with Crippen molar-refractivity contribution in [2.75, 3.05) is 0 Å². The molecule has 0 saturated carbocycles. The minimum atomic E-state index is -5.01. The molecule has 7 heteroatoms. The number of aromatic amines is 1. The van der Waals surface area contributed by atoms with Crippen LogP contribution in [0.2, 0.25) is 0 Å². The number of rotatable bonds is 0. The van der Waals surface area contributed by atoms with Crippen LogP contribution < -0.4 is 0 Å². The molecular weight excluding hydrogens is 212 g/mol. The molecule has 0 radical (unpaired) electrons. The summed E-state index contributed by atoms with van der Waals surface area (Å²) in [4.78, 5) is 1.65. The van der Waals surface area contributed by atoms with Crippen molar-refractivity contribution in [3.05, 3.63) is 23.0 Å². The third-order valence-corrected chi connectivity index (χ3v) is 1.54. The lowest BCUT2D eigenvalue weighted by Crippen LogP contribution is -2.15. The average Bonchev–Trinajstić information content (AvgIpc) is 2.27. The van der Waals surface area contributed by atoms with E-state index in [1.165, 1.54) is 0 Å². The molecule has 80 valence electrons. The summed E-state index contributed by atoms with van der Waals surface area (Å²) >= 11 is 0. The SMILES string of the molecule is Cc1cc(C(F)(F)F)c(C(F)(F)F)[nH]1. The molecule has 0 saturated heterocycles. The van der Waals surface area contributed by atoms with Gasteiger partial charge in [0.15, 0.2) is 0 Å². The molecule has 0 unspecified atom stereocenters. The van der Waals surface area contributed by atoms with E-state index in [9.17, 15) is 26.3 Å². The first kappa shape index (κ1) is 10.9. The second-order valence-corrected chi connectivity index (χ2v) is 2.74. The highest BCUT2D eigenvalue weighted by Gasteiger charge is 2.44. The second kappa shape index (κ2) is 2.93. The lowest BCUT2D eigenvalue weighted by molar-refractivity contribution is -0.163. The predicted octanol–water partition coefficient (Wildman–Crippen LogP) is 3.36. The van der Waals surface area contributed by atoms with E-state index in [1.54, 1.807) is 4.98 Å². The minimum absolute atomic E-state index is 0.176. The van der Waals surface area contributed by atoms with Gasteiger partial charge in [-0.1, -0.05) is 0 Å². The Morgan fingerprint density at radius 3 is 1.79 bits per heavy atom. The number of alkyl halides is 6. The summed E-state index contributed by atoms with van der Waals surface area (Å²) in [5.41, 5.74) is -3.60. The maximum absolute atomic E-state index is 12.1. The van der Waals surface area contributed by atoms with Gasteiger partial charge in [-0.2, -0.15) is 26.3 Å². The zero-order valence-electron chi connectivity index (χ0n) is 6.85. The van der Waals surface area contributed by atoms with E-state index >= 15 is 0 Å². The van der Waals surface area contributed by atoms with Crippen LogP contribution in [0.5, 0.6) is 0 Å². The van der Waals surface area contributed by atoms with E-state index in [-0.39, 0.29) is 5.69 Å². The van der Waals surface area contributed by atoms with Crippen molar-refractivity contribution in [3.8, 4) is 0 Å². The van der Waals surface area contributed by atoms with E-state index in [2.05, 4.69) is 0 Å². The van der Waals surface area contributed by atoms with Gasteiger partial charge in [-0.15, -0.1) is 0 Å². The fourth-order valence-electron chi connectivity index (χ4n) is 1.04. The molecule has 1 aromatic heterocycles. The third kappa shape index (κ3) is 2.02. The van der Waals surface area contributed by atoms with E-state index in [0.717, 1.165) is 6.92 Å². The summed E-state index contributed by atoms with van der Waals surface area (Å²) in [6.07, 6.45) is -10.0. The average molecular weight is 217 g/mol. The molecule has 0 spiro atoms. The van der Waals surface area contributed by atoms with Gasteiger partial charge in [-0.05, 0) is 13.0 Å². The minimum Gasteiger partial charge on any atom is -0.355 e. The molecule has 0 amide bonds. The molecule has 0 aliphatic rings. The van der Waals surface area contributed by atoms with Gasteiger partial charge in [0.2, 0.25) is 0 Å². The summed E-state index contributed by atoms with van der Waals surface area (Å²) < 4.78 is 72.4. The normalized spacial score (nSPS) is 13.4. The number of hydrogen-bond donors (Lipinski definition) is 1. The highest BCUT2D eigenvalue weighted by atomic mass is 19.4. The number of hydrogen-bond acceptors (Lipinski definition) is 0. The Balaban J connectivity index is 3.31. The fraction of sp³-hybridized carbons (Fsp3) is 0.429. The van der Waals surface area contributed by atoms with E-state index in [1.807, 2.05) is 0 Å². The Bertz CT molecular complexity index is 299. The molecule has 0 atom stereocenters. The topological polar surface area (TPSA) is 15.8 Å². The lowest BCUT2D eigenvalue weighted by atomic mass is 10.2. The molecule has 1 nitrogen and oxygen atoms in total. The van der Waals surface area contributed by atoms with Crippen molar-refractivity contribution in [2.45, 2.75) is 19.3 Å². The second-order valence-electron chi connectivity index (χ2n) is 2.74. The number of H-pyrrole nitrogens is 1. The molecule has 0 aromatic carbocycles. The predicted molar refractivity (Wildman–Crippen MR) is 35.5 cm³/mol. The van der Waals surface area contributed by atoms with Crippen LogP contribution >= 0.6 is 0 Å². The smallest absolute Gasteiger partial charge is 0.355 e. The van der Waals surface area contributed by atoms with E-state index < -0.39 is 23.6 Å². The fourth-order valence-corrected chi connectivity index (χ4v) is 1.04. The van der Waals surface area contributed by atoms with Crippen molar-refractivity contribution in [1.82, 2.24) is 4.98 Å². The molecule has 0 aliphatic heterocycles. The van der Waals surface area contributed by atoms with Gasteiger partial charge in [-0.3, -0.25) is 0 Å². The van der Waals surface area contributed by atoms with Crippen molar-refractivity contribution in [3.63, 3.8) is 0 Å². The Kier molecular flexibility index (Phi) is 2.29. The van der Waals surface area contributed by atoms with Crippen molar-refractivity contribution < 1.29 is 26.3 Å². The van der Waals surface area contributed by atoms with Crippen molar-refractivity contribution in [1.29, 1.82) is 0 Å². The lowest BCUT2D eigenvalue weighted by Gasteiger charge is -2.09. The Labute approximate surface area is 74.7 Å². The van der Waals surface area contributed by atoms with Gasteiger partial charge in [0, 0.05) is 5.69 Å². The van der Waals surface area contributed by atoms with Crippen LogP contribution in [0.1, 0.15) is 17.0 Å². The van der Waals surface area contributed by atoms with Gasteiger partial charge in [0.05, 0.1) is 5.56 Å². The van der Waals surface area contributed by atoms with Crippen LogP contribution in [0.15, 0.2) is 6.07 Å². The molecule has 0 bridgehead atoms. The number of aryl methyl sites for hydroxylation is 1. The zero-order chi connectivity index (χ0) is 11.1. The summed E-state index contributed by atoms with van der Waals surface area (Å²) in [5.74, 6) is 0. The van der Waals surface area contributed by atoms with Crippen LogP contribution in [0.4, 0.5) is 26.3 Å². The van der Waals surface area contributed by atoms with Crippen LogP contribution in [-0.4, -0.2) is 4.98 Å². The van der Waals surface area contributed by atoms with Crippen molar-refractivity contribution >= 4 is 0 Å². The Morgan fingerprint density at radius 1 is 1.00 bits per heavy atom. The van der Waals surface area contributed by atoms with Gasteiger partial charge in [0.25, 0.3) is 0 Å². The van der Waals surface area contributed by atoms with Crippen LogP contribution in [0.25, 0.3) is 0 Å². The first-order chi connectivity index (χ1) is 6.12. The summed E-state index contributed by atoms with van der Waals surface area (Å²) in [6, 6.07) is 0.433. The van der Waals surface area contributed by atoms with Gasteiger partial charge >= 0.3 is 12.4 Å². The number of nitrogens with one attached hydrogen (secondary N) is 1. The standard InChI is InChI=1S/C7H5F6N/c1-3-2-4(6(8,9)10)5(14-3)7(11,12)13/h2,14H,1H3. The summed E-state index contributed by atoms with van der Waals surface area (Å²) in [7, 11) is 0. The quantitative estimate of drug-likeness (QED) is 0.641. The van der Waals surface area contributed by atoms with Crippen LogP contribution in [0.3, 0.4) is 0 Å². The van der Waals surface area contributed by atoms with Gasteiger partial charge in [-0.25, -0.2) is 0 Å².